The Morgan fingerprint density at radius 1 is 1.19 bits per heavy atom. The molecule has 2 amide bonds. The summed E-state index contributed by atoms with van der Waals surface area (Å²) in [6.45, 7) is 4.12. The molecule has 2 rings (SSSR count). The molecule has 0 aromatic heterocycles. The average molecular weight is 289 g/mol. The summed E-state index contributed by atoms with van der Waals surface area (Å²) in [5.74, 6) is -0.0276. The van der Waals surface area contributed by atoms with Crippen molar-refractivity contribution in [2.45, 2.75) is 26.7 Å². The Morgan fingerprint density at radius 2 is 1.76 bits per heavy atom. The lowest BCUT2D eigenvalue weighted by molar-refractivity contribution is -0.149. The standard InChI is InChI=1S/C16H19NO4/c1-3-21-13-6-4-12(5-7-13)14(18)10-17-15(19)8-11(2)9-16(17)20/h4-7,11H,3,8-10H2,1-2H3. The highest BCUT2D eigenvalue weighted by Crippen LogP contribution is 2.19. The molecule has 1 fully saturated rings. The normalized spacial score (nSPS) is 16.2. The van der Waals surface area contributed by atoms with Crippen molar-refractivity contribution in [2.75, 3.05) is 13.2 Å². The third-order valence-corrected chi connectivity index (χ3v) is 3.44. The molecule has 1 aromatic rings. The zero-order valence-corrected chi connectivity index (χ0v) is 12.3. The van der Waals surface area contributed by atoms with Gasteiger partial charge in [0.1, 0.15) is 5.75 Å². The summed E-state index contributed by atoms with van der Waals surface area (Å²) in [6.07, 6.45) is 0.643. The van der Waals surface area contributed by atoms with E-state index < -0.39 is 0 Å². The van der Waals surface area contributed by atoms with Crippen LogP contribution >= 0.6 is 0 Å². The van der Waals surface area contributed by atoms with Gasteiger partial charge in [0.25, 0.3) is 0 Å². The van der Waals surface area contributed by atoms with E-state index in [0.717, 1.165) is 4.90 Å². The second-order valence-electron chi connectivity index (χ2n) is 5.27. The number of carbonyl (C=O) groups is 3. The molecule has 1 heterocycles. The summed E-state index contributed by atoms with van der Waals surface area (Å²) in [5, 5.41) is 0. The molecule has 0 spiro atoms. The van der Waals surface area contributed by atoms with Gasteiger partial charge in [-0.1, -0.05) is 6.92 Å². The van der Waals surface area contributed by atoms with Crippen LogP contribution in [0.25, 0.3) is 0 Å². The fourth-order valence-electron chi connectivity index (χ4n) is 2.34. The zero-order chi connectivity index (χ0) is 15.4. The van der Waals surface area contributed by atoms with Gasteiger partial charge in [0, 0.05) is 18.4 Å². The van der Waals surface area contributed by atoms with Crippen molar-refractivity contribution < 1.29 is 19.1 Å². The van der Waals surface area contributed by atoms with Gasteiger partial charge in [-0.25, -0.2) is 0 Å². The van der Waals surface area contributed by atoms with Gasteiger partial charge in [0.15, 0.2) is 5.78 Å². The van der Waals surface area contributed by atoms with Crippen LogP contribution in [-0.2, 0) is 9.59 Å². The van der Waals surface area contributed by atoms with Crippen molar-refractivity contribution in [3.63, 3.8) is 0 Å². The fraction of sp³-hybridized carbons (Fsp3) is 0.438. The molecule has 5 nitrogen and oxygen atoms in total. The number of amides is 2. The van der Waals surface area contributed by atoms with Crippen LogP contribution in [0.4, 0.5) is 0 Å². The predicted octanol–water partition coefficient (Wildman–Crippen LogP) is 2.05. The van der Waals surface area contributed by atoms with Gasteiger partial charge >= 0.3 is 0 Å². The number of nitrogens with zero attached hydrogens (tertiary/aromatic N) is 1. The topological polar surface area (TPSA) is 63.7 Å². The quantitative estimate of drug-likeness (QED) is 0.615. The molecule has 0 saturated carbocycles. The number of likely N-dealkylation sites (tertiary alicyclic amines) is 1. The van der Waals surface area contributed by atoms with Crippen LogP contribution in [0.1, 0.15) is 37.0 Å². The van der Waals surface area contributed by atoms with Gasteiger partial charge in [-0.05, 0) is 37.1 Å². The number of rotatable bonds is 5. The maximum atomic E-state index is 12.2. The lowest BCUT2D eigenvalue weighted by Crippen LogP contribution is -2.45. The minimum Gasteiger partial charge on any atom is -0.494 e. The molecule has 0 unspecified atom stereocenters. The Bertz CT molecular complexity index is 532. The average Bonchev–Trinajstić information content (AvgIpc) is 2.43. The first-order valence-electron chi connectivity index (χ1n) is 7.10. The van der Waals surface area contributed by atoms with E-state index in [4.69, 9.17) is 4.74 Å². The van der Waals surface area contributed by atoms with E-state index in [0.29, 0.717) is 30.8 Å². The number of Topliss-reactive ketones (excluding diaryl/α,β-unsaturated/α-hetero) is 1. The van der Waals surface area contributed by atoms with E-state index in [1.165, 1.54) is 0 Å². The minimum absolute atomic E-state index is 0.0572. The van der Waals surface area contributed by atoms with Gasteiger partial charge in [0.05, 0.1) is 13.2 Å². The van der Waals surface area contributed by atoms with Crippen LogP contribution in [0.5, 0.6) is 5.75 Å². The van der Waals surface area contributed by atoms with Crippen LogP contribution in [0.3, 0.4) is 0 Å². The maximum absolute atomic E-state index is 12.2. The molecule has 0 N–H and O–H groups in total. The Hall–Kier alpha value is -2.17. The number of benzene rings is 1. The van der Waals surface area contributed by atoms with Crippen molar-refractivity contribution >= 4 is 17.6 Å². The van der Waals surface area contributed by atoms with Crippen molar-refractivity contribution in [2.24, 2.45) is 5.92 Å². The summed E-state index contributed by atoms with van der Waals surface area (Å²) in [7, 11) is 0. The smallest absolute Gasteiger partial charge is 0.229 e. The molecule has 1 aliphatic rings. The predicted molar refractivity (Wildman–Crippen MR) is 77.1 cm³/mol. The van der Waals surface area contributed by atoms with Gasteiger partial charge in [0.2, 0.25) is 11.8 Å². The van der Waals surface area contributed by atoms with Gasteiger partial charge in [-0.3, -0.25) is 19.3 Å². The van der Waals surface area contributed by atoms with E-state index in [9.17, 15) is 14.4 Å². The van der Waals surface area contributed by atoms with Gasteiger partial charge in [-0.2, -0.15) is 0 Å². The molecular formula is C16H19NO4. The number of hydrogen-bond acceptors (Lipinski definition) is 4. The first-order valence-corrected chi connectivity index (χ1v) is 7.10. The van der Waals surface area contributed by atoms with Crippen LogP contribution in [-0.4, -0.2) is 35.6 Å². The molecule has 21 heavy (non-hydrogen) atoms. The number of ketones is 1. The monoisotopic (exact) mass is 289 g/mol. The van der Waals surface area contributed by atoms with Crippen molar-refractivity contribution in [3.05, 3.63) is 29.8 Å². The highest BCUT2D eigenvalue weighted by molar-refractivity contribution is 6.05. The van der Waals surface area contributed by atoms with E-state index >= 15 is 0 Å². The number of ether oxygens (including phenoxy) is 1. The third-order valence-electron chi connectivity index (χ3n) is 3.44. The van der Waals surface area contributed by atoms with E-state index in [1.807, 2.05) is 13.8 Å². The van der Waals surface area contributed by atoms with E-state index in [-0.39, 0.29) is 30.1 Å². The summed E-state index contributed by atoms with van der Waals surface area (Å²) in [5.41, 5.74) is 0.470. The van der Waals surface area contributed by atoms with Crippen molar-refractivity contribution in [1.82, 2.24) is 4.90 Å². The minimum atomic E-state index is -0.266. The van der Waals surface area contributed by atoms with Crippen LogP contribution < -0.4 is 4.74 Å². The number of hydrogen-bond donors (Lipinski definition) is 0. The first-order chi connectivity index (χ1) is 10.0. The Morgan fingerprint density at radius 3 is 2.29 bits per heavy atom. The van der Waals surface area contributed by atoms with Crippen LogP contribution in [0.15, 0.2) is 24.3 Å². The fourth-order valence-corrected chi connectivity index (χ4v) is 2.34. The van der Waals surface area contributed by atoms with E-state index in [2.05, 4.69) is 0 Å². The van der Waals surface area contributed by atoms with Gasteiger partial charge < -0.3 is 4.74 Å². The second kappa shape index (κ2) is 6.52. The molecule has 0 atom stereocenters. The molecule has 0 aliphatic carbocycles. The lowest BCUT2D eigenvalue weighted by Gasteiger charge is -2.27. The lowest BCUT2D eigenvalue weighted by atomic mass is 9.97. The molecule has 0 bridgehead atoms. The van der Waals surface area contributed by atoms with Crippen LogP contribution in [0.2, 0.25) is 0 Å². The Labute approximate surface area is 123 Å². The highest BCUT2D eigenvalue weighted by atomic mass is 16.5. The van der Waals surface area contributed by atoms with Crippen molar-refractivity contribution in [1.29, 1.82) is 0 Å². The summed E-state index contributed by atoms with van der Waals surface area (Å²) in [4.78, 5) is 36.9. The molecule has 1 aliphatic heterocycles. The Kier molecular flexibility index (Phi) is 4.73. The molecule has 1 aromatic carbocycles. The zero-order valence-electron chi connectivity index (χ0n) is 12.3. The van der Waals surface area contributed by atoms with Gasteiger partial charge in [-0.15, -0.1) is 0 Å². The first kappa shape index (κ1) is 15.2. The van der Waals surface area contributed by atoms with Crippen molar-refractivity contribution in [3.8, 4) is 5.75 Å². The number of carbonyl (C=O) groups excluding carboxylic acids is 3. The molecule has 5 heteroatoms. The summed E-state index contributed by atoms with van der Waals surface area (Å²) < 4.78 is 5.31. The number of imide groups is 1. The second-order valence-corrected chi connectivity index (χ2v) is 5.27. The van der Waals surface area contributed by atoms with E-state index in [1.54, 1.807) is 24.3 Å². The molecule has 1 saturated heterocycles. The summed E-state index contributed by atoms with van der Waals surface area (Å²) in [6, 6.07) is 6.71. The number of piperidine rings is 1. The highest BCUT2D eigenvalue weighted by Gasteiger charge is 2.31. The molecule has 0 radical (unpaired) electrons. The third kappa shape index (κ3) is 3.68. The van der Waals surface area contributed by atoms with Crippen LogP contribution in [0, 0.1) is 5.92 Å². The molecular weight excluding hydrogens is 270 g/mol. The maximum Gasteiger partial charge on any atom is 0.229 e. The SMILES string of the molecule is CCOc1ccc(C(=O)CN2C(=O)CC(C)CC2=O)cc1. The summed E-state index contributed by atoms with van der Waals surface area (Å²) >= 11 is 0. The largest absolute Gasteiger partial charge is 0.494 e. The molecule has 112 valence electrons. The Balaban J connectivity index is 2.03.